The molecule has 8 heteroatoms. The van der Waals surface area contributed by atoms with E-state index in [1.165, 1.54) is 0 Å². The van der Waals surface area contributed by atoms with Crippen LogP contribution >= 0.6 is 23.2 Å². The van der Waals surface area contributed by atoms with Crippen LogP contribution in [-0.4, -0.2) is 38.2 Å². The Hall–Kier alpha value is -2.44. The minimum absolute atomic E-state index is 0.148. The number of ether oxygens (including phenoxy) is 1. The van der Waals surface area contributed by atoms with Crippen molar-refractivity contribution in [2.24, 2.45) is 0 Å². The van der Waals surface area contributed by atoms with Crippen molar-refractivity contribution in [3.05, 3.63) is 58.1 Å². The molecular weight excluding hydrogens is 389 g/mol. The fourth-order valence-corrected chi connectivity index (χ4v) is 3.15. The first-order valence-electron chi connectivity index (χ1n) is 8.56. The van der Waals surface area contributed by atoms with Gasteiger partial charge in [0.2, 0.25) is 0 Å². The maximum Gasteiger partial charge on any atom is 0.321 e. The van der Waals surface area contributed by atoms with Gasteiger partial charge in [0.1, 0.15) is 5.75 Å². The number of benzene rings is 2. The summed E-state index contributed by atoms with van der Waals surface area (Å²) in [6, 6.07) is 11.9. The van der Waals surface area contributed by atoms with E-state index in [4.69, 9.17) is 27.9 Å². The Bertz CT molecular complexity index is 845. The molecule has 1 aliphatic heterocycles. The topological polar surface area (TPSA) is 70.7 Å². The van der Waals surface area contributed by atoms with Gasteiger partial charge in [-0.3, -0.25) is 9.69 Å². The van der Waals surface area contributed by atoms with Crippen LogP contribution in [0.1, 0.15) is 16.8 Å². The molecule has 1 fully saturated rings. The van der Waals surface area contributed by atoms with Gasteiger partial charge < -0.3 is 15.4 Å². The molecule has 1 heterocycles. The molecule has 3 rings (SSSR count). The van der Waals surface area contributed by atoms with Crippen LogP contribution in [0.15, 0.2) is 42.5 Å². The third-order valence-corrected chi connectivity index (χ3v) is 4.57. The largest absolute Gasteiger partial charge is 0.492 e. The number of hydrogen-bond donors (Lipinski definition) is 2. The molecule has 2 aromatic carbocycles. The van der Waals surface area contributed by atoms with E-state index in [0.29, 0.717) is 59.7 Å². The highest BCUT2D eigenvalue weighted by Crippen LogP contribution is 2.27. The van der Waals surface area contributed by atoms with Crippen molar-refractivity contribution in [2.45, 2.75) is 6.42 Å². The van der Waals surface area contributed by atoms with Gasteiger partial charge in [-0.1, -0.05) is 29.3 Å². The molecule has 142 valence electrons. The molecule has 0 aromatic heterocycles. The number of amides is 3. The minimum atomic E-state index is -0.194. The molecule has 0 spiro atoms. The highest BCUT2D eigenvalue weighted by molar-refractivity contribution is 6.35. The number of halogens is 2. The van der Waals surface area contributed by atoms with Crippen molar-refractivity contribution in [2.75, 3.05) is 31.1 Å². The van der Waals surface area contributed by atoms with Crippen molar-refractivity contribution in [3.63, 3.8) is 0 Å². The van der Waals surface area contributed by atoms with Crippen molar-refractivity contribution in [3.8, 4) is 5.75 Å². The predicted octanol–water partition coefficient (Wildman–Crippen LogP) is 3.72. The Balaban J connectivity index is 1.46. The molecule has 3 amide bonds. The minimum Gasteiger partial charge on any atom is -0.492 e. The van der Waals surface area contributed by atoms with Crippen LogP contribution in [0.4, 0.5) is 10.5 Å². The zero-order chi connectivity index (χ0) is 19.2. The van der Waals surface area contributed by atoms with E-state index >= 15 is 0 Å². The van der Waals surface area contributed by atoms with Crippen LogP contribution in [0.2, 0.25) is 10.0 Å². The summed E-state index contributed by atoms with van der Waals surface area (Å²) in [6.45, 7) is 2.06. The van der Waals surface area contributed by atoms with E-state index in [-0.39, 0.29) is 11.9 Å². The molecule has 2 aromatic rings. The smallest absolute Gasteiger partial charge is 0.321 e. The molecular formula is C19H19Cl2N3O3. The Morgan fingerprint density at radius 2 is 2.07 bits per heavy atom. The Kier molecular flexibility index (Phi) is 6.42. The number of carbonyl (C=O) groups is 2. The van der Waals surface area contributed by atoms with Crippen molar-refractivity contribution < 1.29 is 14.3 Å². The van der Waals surface area contributed by atoms with Gasteiger partial charge in [-0.05, 0) is 42.8 Å². The van der Waals surface area contributed by atoms with Gasteiger partial charge in [-0.2, -0.15) is 0 Å². The van der Waals surface area contributed by atoms with Crippen molar-refractivity contribution in [1.29, 1.82) is 0 Å². The summed E-state index contributed by atoms with van der Waals surface area (Å²) in [5, 5.41) is 6.59. The average molecular weight is 408 g/mol. The summed E-state index contributed by atoms with van der Waals surface area (Å²) in [5.74, 6) is 0.366. The summed E-state index contributed by atoms with van der Waals surface area (Å²) >= 11 is 11.9. The summed E-state index contributed by atoms with van der Waals surface area (Å²) in [4.78, 5) is 25.7. The summed E-state index contributed by atoms with van der Waals surface area (Å²) in [7, 11) is 0. The van der Waals surface area contributed by atoms with E-state index < -0.39 is 0 Å². The van der Waals surface area contributed by atoms with Gasteiger partial charge in [-0.25, -0.2) is 4.79 Å². The molecule has 0 atom stereocenters. The Morgan fingerprint density at radius 3 is 2.81 bits per heavy atom. The zero-order valence-corrected chi connectivity index (χ0v) is 16.0. The number of hydrogen-bond acceptors (Lipinski definition) is 3. The molecule has 0 saturated carbocycles. The quantitative estimate of drug-likeness (QED) is 0.686. The molecule has 27 heavy (non-hydrogen) atoms. The maximum atomic E-state index is 12.3. The molecule has 0 aliphatic carbocycles. The van der Waals surface area contributed by atoms with Crippen LogP contribution in [0, 0.1) is 0 Å². The van der Waals surface area contributed by atoms with Gasteiger partial charge in [0, 0.05) is 35.9 Å². The zero-order valence-electron chi connectivity index (χ0n) is 14.5. The first kappa shape index (κ1) is 19.3. The Labute approximate surface area is 167 Å². The normalized spacial score (nSPS) is 13.4. The van der Waals surface area contributed by atoms with Gasteiger partial charge in [0.05, 0.1) is 11.6 Å². The monoisotopic (exact) mass is 407 g/mol. The van der Waals surface area contributed by atoms with Gasteiger partial charge in [0.15, 0.2) is 0 Å². The lowest BCUT2D eigenvalue weighted by atomic mass is 10.1. The summed E-state index contributed by atoms with van der Waals surface area (Å²) in [6.07, 6.45) is 0.624. The van der Waals surface area contributed by atoms with Crippen molar-refractivity contribution in [1.82, 2.24) is 10.6 Å². The molecule has 6 nitrogen and oxygen atoms in total. The SMILES string of the molecule is O=C(NCCCOc1ccc(Cl)cc1Cl)c1cccc(N2CCNC2=O)c1. The third-order valence-electron chi connectivity index (χ3n) is 4.03. The second-order valence-corrected chi connectivity index (χ2v) is 6.81. The first-order chi connectivity index (χ1) is 13.0. The van der Waals surface area contributed by atoms with E-state index in [2.05, 4.69) is 10.6 Å². The molecule has 2 N–H and O–H groups in total. The molecule has 0 unspecified atom stereocenters. The standard InChI is InChI=1S/C19H19Cl2N3O3/c20-14-5-6-17(16(21)12-14)27-10-2-7-22-18(25)13-3-1-4-15(11-13)24-9-8-23-19(24)26/h1,3-6,11-12H,2,7-10H2,(H,22,25)(H,23,26). The molecule has 1 saturated heterocycles. The second kappa shape index (κ2) is 8.97. The number of carbonyl (C=O) groups excluding carboxylic acids is 2. The maximum absolute atomic E-state index is 12.3. The second-order valence-electron chi connectivity index (χ2n) is 5.97. The van der Waals surface area contributed by atoms with E-state index in [0.717, 1.165) is 0 Å². The molecule has 0 radical (unpaired) electrons. The van der Waals surface area contributed by atoms with Gasteiger partial charge >= 0.3 is 6.03 Å². The lowest BCUT2D eigenvalue weighted by Crippen LogP contribution is -2.29. The third kappa shape index (κ3) is 5.05. The lowest BCUT2D eigenvalue weighted by molar-refractivity contribution is 0.0951. The van der Waals surface area contributed by atoms with Crippen LogP contribution < -0.4 is 20.3 Å². The number of nitrogens with one attached hydrogen (secondary N) is 2. The lowest BCUT2D eigenvalue weighted by Gasteiger charge is -2.15. The number of urea groups is 1. The fourth-order valence-electron chi connectivity index (χ4n) is 2.68. The fraction of sp³-hybridized carbons (Fsp3) is 0.263. The van der Waals surface area contributed by atoms with Crippen LogP contribution in [0.25, 0.3) is 0 Å². The number of nitrogens with zero attached hydrogens (tertiary/aromatic N) is 1. The molecule has 0 bridgehead atoms. The highest BCUT2D eigenvalue weighted by atomic mass is 35.5. The van der Waals surface area contributed by atoms with Gasteiger partial charge in [0.25, 0.3) is 5.91 Å². The van der Waals surface area contributed by atoms with Crippen LogP contribution in [0.5, 0.6) is 5.75 Å². The number of anilines is 1. The Morgan fingerprint density at radius 1 is 1.22 bits per heavy atom. The highest BCUT2D eigenvalue weighted by Gasteiger charge is 2.21. The predicted molar refractivity (Wildman–Crippen MR) is 106 cm³/mol. The van der Waals surface area contributed by atoms with E-state index in [9.17, 15) is 9.59 Å². The molecule has 1 aliphatic rings. The van der Waals surface area contributed by atoms with Crippen LogP contribution in [0.3, 0.4) is 0 Å². The first-order valence-corrected chi connectivity index (χ1v) is 9.31. The van der Waals surface area contributed by atoms with Crippen molar-refractivity contribution >= 4 is 40.8 Å². The van der Waals surface area contributed by atoms with Crippen LogP contribution in [-0.2, 0) is 0 Å². The van der Waals surface area contributed by atoms with E-state index in [1.54, 1.807) is 41.3 Å². The average Bonchev–Trinajstić information content (AvgIpc) is 3.09. The summed E-state index contributed by atoms with van der Waals surface area (Å²) < 4.78 is 5.58. The number of rotatable bonds is 7. The van der Waals surface area contributed by atoms with E-state index in [1.807, 2.05) is 6.07 Å². The van der Waals surface area contributed by atoms with Gasteiger partial charge in [-0.15, -0.1) is 0 Å². The summed E-state index contributed by atoms with van der Waals surface area (Å²) in [5.41, 5.74) is 1.22.